The van der Waals surface area contributed by atoms with E-state index in [1.54, 1.807) is 11.1 Å². The summed E-state index contributed by atoms with van der Waals surface area (Å²) in [5.41, 5.74) is 3.25. The summed E-state index contributed by atoms with van der Waals surface area (Å²) in [5.74, 6) is 1.81. The highest BCUT2D eigenvalue weighted by Gasteiger charge is 2.40. The average Bonchev–Trinajstić information content (AvgIpc) is 3.07. The van der Waals surface area contributed by atoms with Gasteiger partial charge in [-0.25, -0.2) is 0 Å². The van der Waals surface area contributed by atoms with Crippen molar-refractivity contribution >= 4 is 0 Å². The van der Waals surface area contributed by atoms with E-state index >= 15 is 0 Å². The van der Waals surface area contributed by atoms with E-state index in [0.29, 0.717) is 0 Å². The minimum Gasteiger partial charge on any atom is -0.311 e. The van der Waals surface area contributed by atoms with Crippen LogP contribution in [0.4, 0.5) is 0 Å². The lowest BCUT2D eigenvalue weighted by atomic mass is 9.94. The molecule has 3 aliphatic rings. The zero-order chi connectivity index (χ0) is 11.2. The Bertz CT molecular complexity index is 388. The minimum absolute atomic E-state index is 0.815. The zero-order valence-electron chi connectivity index (χ0n) is 10.4. The van der Waals surface area contributed by atoms with Gasteiger partial charge in [0.05, 0.1) is 0 Å². The minimum atomic E-state index is 0.815. The second kappa shape index (κ2) is 3.84. The highest BCUT2D eigenvalue weighted by atomic mass is 15.0. The fraction of sp³-hybridized carbons (Fsp3) is 0.625. The third kappa shape index (κ3) is 1.81. The van der Waals surface area contributed by atoms with Crippen LogP contribution in [-0.4, -0.2) is 12.1 Å². The Morgan fingerprint density at radius 2 is 1.41 bits per heavy atom. The summed E-state index contributed by atoms with van der Waals surface area (Å²) in [6.45, 7) is 0. The lowest BCUT2D eigenvalue weighted by Crippen LogP contribution is -2.39. The van der Waals surface area contributed by atoms with Crippen molar-refractivity contribution in [3.63, 3.8) is 0 Å². The molecule has 90 valence electrons. The molecule has 0 saturated heterocycles. The number of rotatable bonds is 2. The third-order valence-electron chi connectivity index (χ3n) is 5.01. The molecule has 2 bridgehead atoms. The Morgan fingerprint density at radius 3 is 1.94 bits per heavy atom. The zero-order valence-corrected chi connectivity index (χ0v) is 10.4. The normalized spacial score (nSPS) is 35.4. The summed E-state index contributed by atoms with van der Waals surface area (Å²) >= 11 is 0. The molecule has 17 heavy (non-hydrogen) atoms. The van der Waals surface area contributed by atoms with E-state index in [0.717, 1.165) is 23.9 Å². The van der Waals surface area contributed by atoms with Crippen LogP contribution in [0.25, 0.3) is 0 Å². The molecule has 1 aromatic carbocycles. The van der Waals surface area contributed by atoms with Gasteiger partial charge in [0, 0.05) is 12.1 Å². The van der Waals surface area contributed by atoms with Gasteiger partial charge in [0.15, 0.2) is 0 Å². The molecule has 1 nitrogen and oxygen atoms in total. The molecule has 0 amide bonds. The molecular formula is C16H21N. The SMILES string of the molecule is c1ccc2c(c1)CC1CCC(C2)C1NC1CC1. The molecular weight excluding hydrogens is 206 g/mol. The fourth-order valence-corrected chi connectivity index (χ4v) is 3.95. The second-order valence-electron chi connectivity index (χ2n) is 6.24. The molecule has 2 fully saturated rings. The molecule has 2 unspecified atom stereocenters. The molecule has 0 aromatic heterocycles. The number of hydrogen-bond acceptors (Lipinski definition) is 1. The summed E-state index contributed by atoms with van der Waals surface area (Å²) in [4.78, 5) is 0. The van der Waals surface area contributed by atoms with Crippen LogP contribution < -0.4 is 5.32 Å². The topological polar surface area (TPSA) is 12.0 Å². The number of benzene rings is 1. The Morgan fingerprint density at radius 1 is 0.824 bits per heavy atom. The van der Waals surface area contributed by atoms with Crippen LogP contribution in [0.5, 0.6) is 0 Å². The van der Waals surface area contributed by atoms with Crippen molar-refractivity contribution in [1.82, 2.24) is 5.32 Å². The van der Waals surface area contributed by atoms with Crippen molar-refractivity contribution < 1.29 is 0 Å². The first kappa shape index (κ1) is 10.1. The summed E-state index contributed by atoms with van der Waals surface area (Å²) in [6.07, 6.45) is 8.37. The van der Waals surface area contributed by atoms with Gasteiger partial charge in [-0.05, 0) is 61.5 Å². The van der Waals surface area contributed by atoms with Crippen molar-refractivity contribution in [2.45, 2.75) is 50.6 Å². The highest BCUT2D eigenvalue weighted by Crippen LogP contribution is 2.41. The van der Waals surface area contributed by atoms with Crippen molar-refractivity contribution in [3.8, 4) is 0 Å². The fourth-order valence-electron chi connectivity index (χ4n) is 3.95. The summed E-state index contributed by atoms with van der Waals surface area (Å²) in [6, 6.07) is 10.8. The molecule has 1 aromatic rings. The molecule has 2 saturated carbocycles. The summed E-state index contributed by atoms with van der Waals surface area (Å²) in [5, 5.41) is 3.93. The summed E-state index contributed by atoms with van der Waals surface area (Å²) < 4.78 is 0. The lowest BCUT2D eigenvalue weighted by Gasteiger charge is -2.23. The maximum Gasteiger partial charge on any atom is 0.0132 e. The lowest BCUT2D eigenvalue weighted by molar-refractivity contribution is 0.340. The van der Waals surface area contributed by atoms with Gasteiger partial charge in [-0.15, -0.1) is 0 Å². The smallest absolute Gasteiger partial charge is 0.0132 e. The quantitative estimate of drug-likeness (QED) is 0.819. The number of hydrogen-bond donors (Lipinski definition) is 1. The molecule has 0 aliphatic heterocycles. The maximum atomic E-state index is 3.93. The van der Waals surface area contributed by atoms with Gasteiger partial charge in [0.25, 0.3) is 0 Å². The van der Waals surface area contributed by atoms with Crippen molar-refractivity contribution in [3.05, 3.63) is 35.4 Å². The predicted molar refractivity (Wildman–Crippen MR) is 70.0 cm³/mol. The highest BCUT2D eigenvalue weighted by molar-refractivity contribution is 5.30. The van der Waals surface area contributed by atoms with Crippen LogP contribution in [0, 0.1) is 11.8 Å². The van der Waals surface area contributed by atoms with Gasteiger partial charge in [0.1, 0.15) is 0 Å². The number of nitrogens with one attached hydrogen (secondary N) is 1. The average molecular weight is 227 g/mol. The molecule has 2 atom stereocenters. The molecule has 0 radical (unpaired) electrons. The van der Waals surface area contributed by atoms with E-state index in [2.05, 4.69) is 29.6 Å². The molecule has 4 rings (SSSR count). The first-order valence-corrected chi connectivity index (χ1v) is 7.23. The largest absolute Gasteiger partial charge is 0.311 e. The van der Waals surface area contributed by atoms with Crippen molar-refractivity contribution in [2.24, 2.45) is 11.8 Å². The van der Waals surface area contributed by atoms with E-state index in [1.165, 1.54) is 38.5 Å². The standard InChI is InChI=1S/C16H21N/c1-2-4-12-10-14-6-5-13(9-11(12)3-1)16(14)17-15-7-8-15/h1-4,13-17H,5-10H2. The van der Waals surface area contributed by atoms with E-state index in [4.69, 9.17) is 0 Å². The van der Waals surface area contributed by atoms with Crippen LogP contribution in [0.3, 0.4) is 0 Å². The van der Waals surface area contributed by atoms with Crippen LogP contribution in [-0.2, 0) is 12.8 Å². The monoisotopic (exact) mass is 227 g/mol. The summed E-state index contributed by atoms with van der Waals surface area (Å²) in [7, 11) is 0. The molecule has 0 spiro atoms. The Balaban J connectivity index is 1.63. The Kier molecular flexibility index (Phi) is 2.29. The van der Waals surface area contributed by atoms with Crippen LogP contribution in [0.15, 0.2) is 24.3 Å². The van der Waals surface area contributed by atoms with Gasteiger partial charge in [-0.1, -0.05) is 24.3 Å². The van der Waals surface area contributed by atoms with Crippen molar-refractivity contribution in [2.75, 3.05) is 0 Å². The molecule has 1 heteroatoms. The predicted octanol–water partition coefficient (Wildman–Crippen LogP) is 2.93. The van der Waals surface area contributed by atoms with Gasteiger partial charge in [-0.2, -0.15) is 0 Å². The maximum absolute atomic E-state index is 3.93. The van der Waals surface area contributed by atoms with E-state index in [-0.39, 0.29) is 0 Å². The van der Waals surface area contributed by atoms with Crippen LogP contribution >= 0.6 is 0 Å². The van der Waals surface area contributed by atoms with E-state index in [9.17, 15) is 0 Å². The van der Waals surface area contributed by atoms with Crippen molar-refractivity contribution in [1.29, 1.82) is 0 Å². The first-order chi connectivity index (χ1) is 8.40. The Hall–Kier alpha value is -0.820. The second-order valence-corrected chi connectivity index (χ2v) is 6.24. The molecule has 1 N–H and O–H groups in total. The molecule has 3 aliphatic carbocycles. The van der Waals surface area contributed by atoms with Gasteiger partial charge >= 0.3 is 0 Å². The van der Waals surface area contributed by atoms with Gasteiger partial charge in [0.2, 0.25) is 0 Å². The van der Waals surface area contributed by atoms with E-state index < -0.39 is 0 Å². The third-order valence-corrected chi connectivity index (χ3v) is 5.01. The Labute approximate surface area is 104 Å². The van der Waals surface area contributed by atoms with Crippen LogP contribution in [0.2, 0.25) is 0 Å². The number of fused-ring (bicyclic) bond motifs is 3. The van der Waals surface area contributed by atoms with Crippen LogP contribution in [0.1, 0.15) is 36.8 Å². The first-order valence-electron chi connectivity index (χ1n) is 7.23. The van der Waals surface area contributed by atoms with Gasteiger partial charge in [-0.3, -0.25) is 0 Å². The molecule has 0 heterocycles. The van der Waals surface area contributed by atoms with E-state index in [1.807, 2.05) is 0 Å². The van der Waals surface area contributed by atoms with Gasteiger partial charge < -0.3 is 5.32 Å².